The quantitative estimate of drug-likeness (QED) is 0.743. The Morgan fingerprint density at radius 3 is 2.45 bits per heavy atom. The number of nitrogens with two attached hydrogens (primary N) is 1. The smallest absolute Gasteiger partial charge is 0.245 e. The summed E-state index contributed by atoms with van der Waals surface area (Å²) in [4.78, 5) is 12.3. The van der Waals surface area contributed by atoms with E-state index in [1.54, 1.807) is 0 Å². The number of H-pyrrole nitrogens is 1. The molecule has 1 amide bonds. The molecule has 0 radical (unpaired) electrons. The summed E-state index contributed by atoms with van der Waals surface area (Å²) in [5, 5.41) is 10.3. The number of carbonyl (C=O) groups is 1. The summed E-state index contributed by atoms with van der Waals surface area (Å²) in [5.41, 5.74) is 6.63. The van der Waals surface area contributed by atoms with Crippen LogP contribution in [0.15, 0.2) is 6.07 Å². The molecule has 2 aliphatic carbocycles. The van der Waals surface area contributed by atoms with Crippen molar-refractivity contribution in [3.05, 3.63) is 11.8 Å². The van der Waals surface area contributed by atoms with E-state index in [9.17, 15) is 4.79 Å². The van der Waals surface area contributed by atoms with Gasteiger partial charge in [0, 0.05) is 17.7 Å². The van der Waals surface area contributed by atoms with Crippen molar-refractivity contribution in [3.8, 4) is 0 Å². The van der Waals surface area contributed by atoms with Crippen molar-refractivity contribution in [1.29, 1.82) is 0 Å². The van der Waals surface area contributed by atoms with Gasteiger partial charge in [0.2, 0.25) is 5.91 Å². The Morgan fingerprint density at radius 2 is 1.82 bits per heavy atom. The molecule has 1 aromatic rings. The van der Waals surface area contributed by atoms with Crippen molar-refractivity contribution in [2.24, 2.45) is 5.73 Å². The van der Waals surface area contributed by atoms with Gasteiger partial charge in [-0.25, -0.2) is 0 Å². The molecule has 2 aliphatic rings. The Bertz CT molecular complexity index is 488. The zero-order valence-electron chi connectivity index (χ0n) is 13.1. The molecule has 1 aromatic heterocycles. The lowest BCUT2D eigenvalue weighted by atomic mass is 9.96. The average molecular weight is 327 g/mol. The molecule has 1 heterocycles. The van der Waals surface area contributed by atoms with Gasteiger partial charge >= 0.3 is 0 Å². The van der Waals surface area contributed by atoms with Gasteiger partial charge < -0.3 is 11.1 Å². The second kappa shape index (κ2) is 7.47. The summed E-state index contributed by atoms with van der Waals surface area (Å²) in [6.07, 6.45) is 11.3. The van der Waals surface area contributed by atoms with Crippen LogP contribution in [0.3, 0.4) is 0 Å². The van der Waals surface area contributed by atoms with Gasteiger partial charge in [-0.05, 0) is 25.7 Å². The maximum Gasteiger partial charge on any atom is 0.245 e. The highest BCUT2D eigenvalue weighted by Crippen LogP contribution is 2.32. The molecule has 2 fully saturated rings. The minimum atomic E-state index is -0.693. The third-order valence-electron chi connectivity index (χ3n) is 5.08. The average Bonchev–Trinajstić information content (AvgIpc) is 3.02. The lowest BCUT2D eigenvalue weighted by Gasteiger charge is -2.21. The van der Waals surface area contributed by atoms with Gasteiger partial charge in [0.05, 0.1) is 5.54 Å². The number of amides is 1. The third kappa shape index (κ3) is 3.82. The number of aromatic amines is 1. The lowest BCUT2D eigenvalue weighted by molar-refractivity contribution is -0.121. The fourth-order valence-corrected chi connectivity index (χ4v) is 3.67. The maximum absolute atomic E-state index is 12.3. The van der Waals surface area contributed by atoms with Gasteiger partial charge in [0.15, 0.2) is 5.82 Å². The number of anilines is 1. The number of aromatic nitrogens is 2. The monoisotopic (exact) mass is 326 g/mol. The first kappa shape index (κ1) is 17.3. The van der Waals surface area contributed by atoms with Crippen molar-refractivity contribution in [1.82, 2.24) is 10.2 Å². The molecule has 0 saturated heterocycles. The maximum atomic E-state index is 12.3. The van der Waals surface area contributed by atoms with Crippen molar-refractivity contribution >= 4 is 24.1 Å². The van der Waals surface area contributed by atoms with Crippen LogP contribution in [0, 0.1) is 0 Å². The summed E-state index contributed by atoms with van der Waals surface area (Å²) in [5.74, 6) is 1.10. The van der Waals surface area contributed by atoms with E-state index in [1.165, 1.54) is 38.5 Å². The van der Waals surface area contributed by atoms with Crippen LogP contribution < -0.4 is 11.1 Å². The number of hydrogen-bond donors (Lipinski definition) is 3. The number of hydrogen-bond acceptors (Lipinski definition) is 3. The minimum absolute atomic E-state index is 0. The Kier molecular flexibility index (Phi) is 5.87. The molecule has 0 spiro atoms. The van der Waals surface area contributed by atoms with Crippen LogP contribution in [-0.2, 0) is 4.79 Å². The zero-order chi connectivity index (χ0) is 14.7. The van der Waals surface area contributed by atoms with Crippen LogP contribution in [0.25, 0.3) is 0 Å². The molecule has 0 unspecified atom stereocenters. The van der Waals surface area contributed by atoms with Crippen LogP contribution in [0.4, 0.5) is 5.82 Å². The van der Waals surface area contributed by atoms with Gasteiger partial charge in [-0.3, -0.25) is 9.89 Å². The second-order valence-corrected chi connectivity index (χ2v) is 6.71. The molecule has 4 N–H and O–H groups in total. The Morgan fingerprint density at radius 1 is 1.18 bits per heavy atom. The molecule has 2 saturated carbocycles. The van der Waals surface area contributed by atoms with Crippen molar-refractivity contribution in [2.45, 2.75) is 75.7 Å². The summed E-state index contributed by atoms with van der Waals surface area (Å²) in [7, 11) is 0. The molecule has 0 aliphatic heterocycles. The van der Waals surface area contributed by atoms with Crippen LogP contribution in [-0.4, -0.2) is 21.6 Å². The van der Waals surface area contributed by atoms with Crippen LogP contribution >= 0.6 is 12.4 Å². The predicted octanol–water partition coefficient (Wildman–Crippen LogP) is 3.48. The van der Waals surface area contributed by atoms with Gasteiger partial charge in [0.25, 0.3) is 0 Å². The van der Waals surface area contributed by atoms with Crippen molar-refractivity contribution < 1.29 is 4.79 Å². The third-order valence-corrected chi connectivity index (χ3v) is 5.08. The predicted molar refractivity (Wildman–Crippen MR) is 90.3 cm³/mol. The first-order chi connectivity index (χ1) is 10.2. The molecule has 6 heteroatoms. The Balaban J connectivity index is 0.00000176. The minimum Gasteiger partial charge on any atom is -0.317 e. The fraction of sp³-hybridized carbons (Fsp3) is 0.750. The highest BCUT2D eigenvalue weighted by Gasteiger charge is 2.37. The van der Waals surface area contributed by atoms with Crippen molar-refractivity contribution in [3.63, 3.8) is 0 Å². The van der Waals surface area contributed by atoms with Crippen LogP contribution in [0.5, 0.6) is 0 Å². The summed E-state index contributed by atoms with van der Waals surface area (Å²) in [6.45, 7) is 0. The number of carbonyl (C=O) groups excluding carboxylic acids is 1. The molecule has 3 rings (SSSR count). The number of halogens is 1. The molecule has 0 aromatic carbocycles. The molecule has 5 nitrogen and oxygen atoms in total. The number of nitrogens with zero attached hydrogens (tertiary/aromatic N) is 1. The highest BCUT2D eigenvalue weighted by molar-refractivity contribution is 5.97. The molecule has 0 bridgehead atoms. The molecular formula is C16H27ClN4O. The van der Waals surface area contributed by atoms with E-state index < -0.39 is 5.54 Å². The number of nitrogens with one attached hydrogen (secondary N) is 2. The first-order valence-corrected chi connectivity index (χ1v) is 8.33. The van der Waals surface area contributed by atoms with E-state index in [0.29, 0.717) is 11.7 Å². The van der Waals surface area contributed by atoms with E-state index in [2.05, 4.69) is 15.5 Å². The van der Waals surface area contributed by atoms with E-state index in [0.717, 1.165) is 31.4 Å². The topological polar surface area (TPSA) is 83.8 Å². The molecule has 124 valence electrons. The number of rotatable bonds is 3. The normalized spacial score (nSPS) is 21.9. The summed E-state index contributed by atoms with van der Waals surface area (Å²) < 4.78 is 0. The van der Waals surface area contributed by atoms with Gasteiger partial charge in [0.1, 0.15) is 0 Å². The van der Waals surface area contributed by atoms with Crippen molar-refractivity contribution in [2.75, 3.05) is 5.32 Å². The summed E-state index contributed by atoms with van der Waals surface area (Å²) >= 11 is 0. The lowest BCUT2D eigenvalue weighted by Crippen LogP contribution is -2.48. The Hall–Kier alpha value is -1.07. The van der Waals surface area contributed by atoms with Gasteiger partial charge in [-0.1, -0.05) is 38.5 Å². The Labute approximate surface area is 138 Å². The molecular weight excluding hydrogens is 300 g/mol. The van der Waals surface area contributed by atoms with E-state index in [4.69, 9.17) is 5.73 Å². The largest absolute Gasteiger partial charge is 0.317 e. The molecule has 0 atom stereocenters. The van der Waals surface area contributed by atoms with Crippen LogP contribution in [0.1, 0.15) is 75.8 Å². The zero-order valence-corrected chi connectivity index (χ0v) is 13.9. The SMILES string of the molecule is Cl.NC1(C(=O)Nc2cc(C3CCCCCC3)[nH]n2)CCCC1. The van der Waals surface area contributed by atoms with Gasteiger partial charge in [-0.15, -0.1) is 12.4 Å². The van der Waals surface area contributed by atoms with E-state index in [-0.39, 0.29) is 18.3 Å². The first-order valence-electron chi connectivity index (χ1n) is 8.33. The fourth-order valence-electron chi connectivity index (χ4n) is 3.67. The van der Waals surface area contributed by atoms with E-state index >= 15 is 0 Å². The highest BCUT2D eigenvalue weighted by atomic mass is 35.5. The summed E-state index contributed by atoms with van der Waals surface area (Å²) in [6, 6.07) is 1.99. The second-order valence-electron chi connectivity index (χ2n) is 6.71. The van der Waals surface area contributed by atoms with E-state index in [1.807, 2.05) is 6.07 Å². The van der Waals surface area contributed by atoms with Crippen LogP contribution in [0.2, 0.25) is 0 Å². The van der Waals surface area contributed by atoms with Gasteiger partial charge in [-0.2, -0.15) is 5.10 Å². The standard InChI is InChI=1S/C16H26N4O.ClH/c17-16(9-5-6-10-16)15(21)18-14-11-13(19-20-14)12-7-3-1-2-4-8-12;/h11-12H,1-10,17H2,(H2,18,19,20,21);1H. The molecule has 22 heavy (non-hydrogen) atoms.